The lowest BCUT2D eigenvalue weighted by Crippen LogP contribution is -2.43. The molecule has 8 nitrogen and oxygen atoms in total. The third kappa shape index (κ3) is 4.81. The summed E-state index contributed by atoms with van der Waals surface area (Å²) in [5.74, 6) is -1.86. The smallest absolute Gasteiger partial charge is 0.418 e. The molecule has 1 aromatic carbocycles. The maximum Gasteiger partial charge on any atom is 0.418 e. The van der Waals surface area contributed by atoms with Crippen LogP contribution in [0.4, 0.5) is 37.8 Å². The van der Waals surface area contributed by atoms with Crippen LogP contribution < -0.4 is 15.4 Å². The number of nitrogens with two attached hydrogens (primary N) is 1. The zero-order chi connectivity index (χ0) is 32.1. The van der Waals surface area contributed by atoms with E-state index in [0.717, 1.165) is 18.3 Å². The minimum atomic E-state index is -5.00. The van der Waals surface area contributed by atoms with E-state index >= 15 is 4.39 Å². The molecule has 0 unspecified atom stereocenters. The highest BCUT2D eigenvalue weighted by molar-refractivity contribution is 6.32. The predicted molar refractivity (Wildman–Crippen MR) is 146 cm³/mol. The maximum atomic E-state index is 16.4. The monoisotopic (exact) mass is 630 g/mol. The zero-order valence-corrected chi connectivity index (χ0v) is 23.2. The zero-order valence-electron chi connectivity index (χ0n) is 24.5. The van der Waals surface area contributed by atoms with Gasteiger partial charge in [-0.05, 0) is 31.5 Å². The summed E-state index contributed by atoms with van der Waals surface area (Å²) in [6.07, 6.45) is -5.78. The van der Waals surface area contributed by atoms with Gasteiger partial charge in [0.1, 0.15) is 35.9 Å². The predicted octanol–water partition coefficient (Wildman–Crippen LogP) is 5.21. The minimum Gasteiger partial charge on any atom is -0.461 e. The van der Waals surface area contributed by atoms with Crippen LogP contribution in [0.15, 0.2) is 18.3 Å². The summed E-state index contributed by atoms with van der Waals surface area (Å²) >= 11 is 5.91. The summed E-state index contributed by atoms with van der Waals surface area (Å²) in [5.41, 5.74) is 0.843. The number of rotatable bonds is 5. The molecule has 2 N–H and O–H groups in total. The Labute approximate surface area is 249 Å². The molecular weight excluding hydrogens is 602 g/mol. The van der Waals surface area contributed by atoms with Gasteiger partial charge in [0.2, 0.25) is 0 Å². The van der Waals surface area contributed by atoms with E-state index in [2.05, 4.69) is 15.0 Å². The number of anilines is 2. The van der Waals surface area contributed by atoms with E-state index in [-0.39, 0.29) is 56.0 Å². The van der Waals surface area contributed by atoms with Gasteiger partial charge in [0.25, 0.3) is 0 Å². The lowest BCUT2D eigenvalue weighted by Gasteiger charge is -2.31. The fraction of sp³-hybridized carbons (Fsp3) is 0.536. The van der Waals surface area contributed by atoms with E-state index in [1.54, 1.807) is 4.90 Å². The highest BCUT2D eigenvalue weighted by Gasteiger charge is 2.56. The van der Waals surface area contributed by atoms with Crippen molar-refractivity contribution >= 4 is 34.0 Å². The number of nitrogen functional groups attached to an aromatic ring is 1. The van der Waals surface area contributed by atoms with Crippen molar-refractivity contribution in [3.8, 4) is 17.3 Å². The van der Waals surface area contributed by atoms with Crippen LogP contribution in [0.5, 0.6) is 6.01 Å². The molecule has 3 aromatic rings. The molecule has 43 heavy (non-hydrogen) atoms. The Morgan fingerprint density at radius 3 is 2.84 bits per heavy atom. The van der Waals surface area contributed by atoms with Gasteiger partial charge in [0.05, 0.1) is 43.5 Å². The maximum absolute atomic E-state index is 16.4. The molecular formula is C28H27ClF6N6O2. The Bertz CT molecular complexity index is 1690. The number of alkyl halides is 5. The van der Waals surface area contributed by atoms with Crippen molar-refractivity contribution < 1.29 is 38.6 Å². The highest BCUT2D eigenvalue weighted by Crippen LogP contribution is 2.47. The Hall–Kier alpha value is -3.10. The van der Waals surface area contributed by atoms with Crippen LogP contribution in [0.2, 0.25) is 5.02 Å². The van der Waals surface area contributed by atoms with Gasteiger partial charge < -0.3 is 20.1 Å². The molecule has 0 bridgehead atoms. The summed E-state index contributed by atoms with van der Waals surface area (Å²) in [4.78, 5) is 15.7. The first kappa shape index (κ1) is 26.3. The van der Waals surface area contributed by atoms with Crippen molar-refractivity contribution in [3.63, 3.8) is 0 Å². The number of pyridine rings is 1. The molecule has 4 fully saturated rings. The highest BCUT2D eigenvalue weighted by atomic mass is 35.5. The molecule has 1 aliphatic carbocycles. The van der Waals surface area contributed by atoms with Crippen molar-refractivity contribution in [1.29, 1.82) is 0 Å². The van der Waals surface area contributed by atoms with Crippen molar-refractivity contribution in [2.24, 2.45) is 5.92 Å². The van der Waals surface area contributed by atoms with E-state index in [4.69, 9.17) is 29.5 Å². The van der Waals surface area contributed by atoms with Crippen LogP contribution in [-0.2, 0) is 10.9 Å². The number of fused-ring (bicyclic) bond motifs is 3. The third-order valence-corrected chi connectivity index (χ3v) is 8.98. The van der Waals surface area contributed by atoms with Crippen molar-refractivity contribution in [2.45, 2.75) is 49.4 Å². The molecule has 3 saturated heterocycles. The molecule has 2 aromatic heterocycles. The Morgan fingerprint density at radius 1 is 1.23 bits per heavy atom. The van der Waals surface area contributed by atoms with Crippen LogP contribution in [0, 0.1) is 11.7 Å². The lowest BCUT2D eigenvalue weighted by atomic mass is 9.95. The lowest BCUT2D eigenvalue weighted by molar-refractivity contribution is -0.137. The number of aromatic nitrogens is 3. The number of nitrogens with zero attached hydrogens (tertiary/aromatic N) is 5. The molecule has 0 amide bonds. The number of halogens is 7. The van der Waals surface area contributed by atoms with Gasteiger partial charge in [-0.25, -0.2) is 13.2 Å². The van der Waals surface area contributed by atoms with E-state index < -0.39 is 81.8 Å². The fourth-order valence-corrected chi connectivity index (χ4v) is 7.00. The van der Waals surface area contributed by atoms with Gasteiger partial charge in [0.15, 0.2) is 5.82 Å². The second-order valence-electron chi connectivity index (χ2n) is 11.4. The van der Waals surface area contributed by atoms with Gasteiger partial charge >= 0.3 is 12.2 Å². The minimum absolute atomic E-state index is 0.0232. The van der Waals surface area contributed by atoms with Crippen LogP contribution in [-0.4, -0.2) is 83.2 Å². The molecule has 5 heterocycles. The topological polar surface area (TPSA) is 89.6 Å². The van der Waals surface area contributed by atoms with Gasteiger partial charge in [0, 0.05) is 42.9 Å². The second kappa shape index (κ2) is 10.2. The summed E-state index contributed by atoms with van der Waals surface area (Å²) < 4.78 is 117. The van der Waals surface area contributed by atoms with E-state index in [1.165, 1.54) is 4.90 Å². The average Bonchev–Trinajstić information content (AvgIpc) is 3.30. The molecule has 15 heteroatoms. The quantitative estimate of drug-likeness (QED) is 0.304. The fourth-order valence-electron chi connectivity index (χ4n) is 6.66. The molecule has 5 atom stereocenters. The summed E-state index contributed by atoms with van der Waals surface area (Å²) in [5, 5.41) is -0.835. The number of hydrogen-bond acceptors (Lipinski definition) is 8. The van der Waals surface area contributed by atoms with Crippen LogP contribution in [0.1, 0.15) is 27.6 Å². The van der Waals surface area contributed by atoms with Gasteiger partial charge in [-0.2, -0.15) is 23.1 Å². The number of ether oxygens (including phenoxy) is 2. The Morgan fingerprint density at radius 2 is 2.05 bits per heavy atom. The van der Waals surface area contributed by atoms with Crippen LogP contribution >= 0.6 is 11.6 Å². The molecule has 1 saturated carbocycles. The second-order valence-corrected chi connectivity index (χ2v) is 11.8. The average molecular weight is 631 g/mol. The van der Waals surface area contributed by atoms with Crippen molar-refractivity contribution in [3.05, 3.63) is 34.7 Å². The van der Waals surface area contributed by atoms with Crippen molar-refractivity contribution in [2.75, 3.05) is 50.0 Å². The molecule has 0 radical (unpaired) electrons. The molecule has 3 aliphatic heterocycles. The first-order valence-corrected chi connectivity index (χ1v) is 14.2. The summed E-state index contributed by atoms with van der Waals surface area (Å²) in [6, 6.07) is 0.425. The van der Waals surface area contributed by atoms with Gasteiger partial charge in [-0.3, -0.25) is 9.88 Å². The van der Waals surface area contributed by atoms with E-state index in [1.807, 2.05) is 0 Å². The molecule has 4 aliphatic rings. The number of hydrogen-bond donors (Lipinski definition) is 1. The summed E-state index contributed by atoms with van der Waals surface area (Å²) in [6.45, 7) is -1.64. The standard InChI is InChI=1S/C28H27ClF6N6O2/c29-18-7-14(36)6-15(19(18)28(33,34)35)22-21(32)23-16(9-37-22)25(41-4-5-42-11-17-20(31)24(17)41)39-26(38-23)43-12-27-2-1-3-40(27)10-13(30)8-27/h6-7,9,13,17,20,24H,1-5,8,10-12,36H2/t13-,17+,20+,24+,27+/m1/s1/i12D2. The largest absolute Gasteiger partial charge is 0.461 e. The summed E-state index contributed by atoms with van der Waals surface area (Å²) in [7, 11) is 0. The Kier molecular flexibility index (Phi) is 6.26. The van der Waals surface area contributed by atoms with Crippen LogP contribution in [0.25, 0.3) is 22.2 Å². The van der Waals surface area contributed by atoms with E-state index in [0.29, 0.717) is 13.0 Å². The molecule has 0 spiro atoms. The molecule has 230 valence electrons. The first-order chi connectivity index (χ1) is 21.2. The third-order valence-electron chi connectivity index (χ3n) is 8.68. The molecule has 7 rings (SSSR count). The van der Waals surface area contributed by atoms with Crippen molar-refractivity contribution in [1.82, 2.24) is 19.9 Å². The first-order valence-electron chi connectivity index (χ1n) is 14.8. The van der Waals surface area contributed by atoms with Gasteiger partial charge in [-0.1, -0.05) is 11.6 Å². The Balaban J connectivity index is 1.41. The number of benzene rings is 1. The SMILES string of the molecule is [2H]C([2H])(Oc1nc(N2CCOC[C@H]3[C@H](F)[C@H]32)c2cnc(-c3cc(N)cc(Cl)c3C(F)(F)F)c(F)c2n1)[C@@]12CCCN1C[C@H](F)C2. The van der Waals surface area contributed by atoms with Gasteiger partial charge in [-0.15, -0.1) is 0 Å². The van der Waals surface area contributed by atoms with E-state index in [9.17, 15) is 22.0 Å². The normalized spacial score (nSPS) is 30.1. The van der Waals surface area contributed by atoms with Crippen LogP contribution in [0.3, 0.4) is 0 Å².